The van der Waals surface area contributed by atoms with Crippen LogP contribution in [0, 0.1) is 5.92 Å². The zero-order valence-corrected chi connectivity index (χ0v) is 17.5. The first-order valence-corrected chi connectivity index (χ1v) is 8.95. The Kier molecular flexibility index (Phi) is 10.6. The Morgan fingerprint density at radius 2 is 2.08 bits per heavy atom. The van der Waals surface area contributed by atoms with E-state index in [-0.39, 0.29) is 24.0 Å². The fourth-order valence-electron chi connectivity index (χ4n) is 2.30. The average molecular weight is 462 g/mol. The molecule has 0 radical (unpaired) electrons. The molecule has 0 aliphatic heterocycles. The lowest BCUT2D eigenvalue weighted by atomic mass is 10.1. The lowest BCUT2D eigenvalue weighted by molar-refractivity contribution is 0.557. The average Bonchev–Trinajstić information content (AvgIpc) is 3.23. The van der Waals surface area contributed by atoms with Crippen LogP contribution in [0.4, 0.5) is 0 Å². The molecule has 2 N–H and O–H groups in total. The Labute approximate surface area is 165 Å². The molecular formula is C16H27IN6S. The first-order valence-electron chi connectivity index (χ1n) is 8.07. The minimum Gasteiger partial charge on any atom is -0.356 e. The van der Waals surface area contributed by atoms with Gasteiger partial charge in [0.25, 0.3) is 0 Å². The number of nitrogens with one attached hydrogen (secondary N) is 2. The summed E-state index contributed by atoms with van der Waals surface area (Å²) in [6, 6.07) is 4.31. The molecule has 2 aromatic heterocycles. The molecule has 0 aromatic carbocycles. The Morgan fingerprint density at radius 1 is 1.29 bits per heavy atom. The summed E-state index contributed by atoms with van der Waals surface area (Å²) in [6.45, 7) is 5.07. The Balaban J connectivity index is 0.00000288. The smallest absolute Gasteiger partial charge is 0.190 e. The molecule has 2 heterocycles. The highest BCUT2D eigenvalue weighted by Crippen LogP contribution is 2.13. The van der Waals surface area contributed by atoms with Gasteiger partial charge in [0.1, 0.15) is 12.7 Å². The van der Waals surface area contributed by atoms with Crippen molar-refractivity contribution < 1.29 is 0 Å². The van der Waals surface area contributed by atoms with Crippen molar-refractivity contribution in [2.75, 3.05) is 20.1 Å². The summed E-state index contributed by atoms with van der Waals surface area (Å²) in [5.41, 5.74) is 0. The molecule has 6 nitrogen and oxygen atoms in total. The van der Waals surface area contributed by atoms with E-state index >= 15 is 0 Å². The molecular weight excluding hydrogens is 435 g/mol. The molecule has 1 unspecified atom stereocenters. The van der Waals surface area contributed by atoms with Crippen LogP contribution in [-0.2, 0) is 13.0 Å². The van der Waals surface area contributed by atoms with Crippen LogP contribution in [-0.4, -0.2) is 40.9 Å². The molecule has 1 atom stereocenters. The van der Waals surface area contributed by atoms with Gasteiger partial charge in [0.15, 0.2) is 5.96 Å². The molecule has 134 valence electrons. The van der Waals surface area contributed by atoms with E-state index in [1.807, 2.05) is 23.0 Å². The lowest BCUT2D eigenvalue weighted by Gasteiger charge is -2.15. The Bertz CT molecular complexity index is 555. The molecule has 24 heavy (non-hydrogen) atoms. The molecule has 0 aliphatic rings. The van der Waals surface area contributed by atoms with Crippen molar-refractivity contribution in [1.82, 2.24) is 25.4 Å². The number of aryl methyl sites for hydroxylation is 1. The standard InChI is InChI=1S/C16H26N6S.HI/c1-14(10-15-6-5-9-23-15)11-19-16(17-2)18-7-3-4-8-22-12-20-21-13-22;/h5-6,9,12-14H,3-4,7-8,10-11H2,1-2H3,(H2,17,18,19);1H. The van der Waals surface area contributed by atoms with Crippen LogP contribution in [0.15, 0.2) is 35.2 Å². The Hall–Kier alpha value is -1.16. The van der Waals surface area contributed by atoms with Crippen LogP contribution in [0.1, 0.15) is 24.6 Å². The number of rotatable bonds is 9. The minimum atomic E-state index is 0. The summed E-state index contributed by atoms with van der Waals surface area (Å²) >= 11 is 1.82. The number of aliphatic imine (C=N–C) groups is 1. The van der Waals surface area contributed by atoms with Gasteiger partial charge in [-0.1, -0.05) is 13.0 Å². The molecule has 0 saturated carbocycles. The van der Waals surface area contributed by atoms with Crippen molar-refractivity contribution in [3.05, 3.63) is 35.0 Å². The van der Waals surface area contributed by atoms with E-state index in [0.717, 1.165) is 44.9 Å². The van der Waals surface area contributed by atoms with Crippen molar-refractivity contribution in [2.24, 2.45) is 10.9 Å². The molecule has 0 spiro atoms. The monoisotopic (exact) mass is 462 g/mol. The first-order chi connectivity index (χ1) is 11.3. The van der Waals surface area contributed by atoms with Gasteiger partial charge in [-0.3, -0.25) is 4.99 Å². The summed E-state index contributed by atoms with van der Waals surface area (Å²) in [5, 5.41) is 16.5. The third kappa shape index (κ3) is 8.09. The highest BCUT2D eigenvalue weighted by molar-refractivity contribution is 14.0. The van der Waals surface area contributed by atoms with Gasteiger partial charge in [-0.05, 0) is 36.6 Å². The topological polar surface area (TPSA) is 67.1 Å². The number of unbranched alkanes of at least 4 members (excludes halogenated alkanes) is 1. The third-order valence-corrected chi connectivity index (χ3v) is 4.47. The maximum Gasteiger partial charge on any atom is 0.190 e. The van der Waals surface area contributed by atoms with Crippen molar-refractivity contribution in [2.45, 2.75) is 32.7 Å². The van der Waals surface area contributed by atoms with Crippen molar-refractivity contribution in [3.8, 4) is 0 Å². The van der Waals surface area contributed by atoms with Gasteiger partial charge in [0.05, 0.1) is 0 Å². The maximum atomic E-state index is 4.28. The number of thiophene rings is 1. The lowest BCUT2D eigenvalue weighted by Crippen LogP contribution is -2.40. The summed E-state index contributed by atoms with van der Waals surface area (Å²) in [6.07, 6.45) is 6.80. The van der Waals surface area contributed by atoms with Crippen LogP contribution in [0.3, 0.4) is 0 Å². The second-order valence-electron chi connectivity index (χ2n) is 5.68. The van der Waals surface area contributed by atoms with Gasteiger partial charge in [-0.2, -0.15) is 0 Å². The normalized spacial score (nSPS) is 12.5. The zero-order valence-electron chi connectivity index (χ0n) is 14.3. The first kappa shape index (κ1) is 20.9. The van der Waals surface area contributed by atoms with Crippen LogP contribution in [0.2, 0.25) is 0 Å². The van der Waals surface area contributed by atoms with Gasteiger partial charge in [0.2, 0.25) is 0 Å². The fourth-order valence-corrected chi connectivity index (χ4v) is 3.17. The molecule has 2 aromatic rings. The summed E-state index contributed by atoms with van der Waals surface area (Å²) < 4.78 is 2.00. The fraction of sp³-hybridized carbons (Fsp3) is 0.562. The molecule has 0 saturated heterocycles. The molecule has 0 amide bonds. The predicted molar refractivity (Wildman–Crippen MR) is 111 cm³/mol. The molecule has 2 rings (SSSR count). The van der Waals surface area contributed by atoms with Crippen LogP contribution < -0.4 is 10.6 Å². The van der Waals surface area contributed by atoms with Crippen molar-refractivity contribution in [3.63, 3.8) is 0 Å². The number of hydrogen-bond acceptors (Lipinski definition) is 4. The van der Waals surface area contributed by atoms with Crippen molar-refractivity contribution >= 4 is 41.3 Å². The SMILES string of the molecule is CN=C(NCCCCn1cnnc1)NCC(C)Cc1cccs1.I. The van der Waals surface area contributed by atoms with Gasteiger partial charge in [-0.25, -0.2) is 0 Å². The van der Waals surface area contributed by atoms with Gasteiger partial charge < -0.3 is 15.2 Å². The molecule has 0 aliphatic carbocycles. The van der Waals surface area contributed by atoms with E-state index in [4.69, 9.17) is 0 Å². The van der Waals surface area contributed by atoms with Gasteiger partial charge in [0, 0.05) is 31.6 Å². The number of guanidine groups is 1. The predicted octanol–water partition coefficient (Wildman–Crippen LogP) is 2.78. The van der Waals surface area contributed by atoms with Gasteiger partial charge in [-0.15, -0.1) is 45.5 Å². The summed E-state index contributed by atoms with van der Waals surface area (Å²) in [5.74, 6) is 1.47. The second-order valence-corrected chi connectivity index (χ2v) is 6.71. The van der Waals surface area contributed by atoms with E-state index in [9.17, 15) is 0 Å². The van der Waals surface area contributed by atoms with E-state index in [1.165, 1.54) is 4.88 Å². The van der Waals surface area contributed by atoms with E-state index < -0.39 is 0 Å². The van der Waals surface area contributed by atoms with Crippen LogP contribution in [0.5, 0.6) is 0 Å². The van der Waals surface area contributed by atoms with E-state index in [1.54, 1.807) is 12.7 Å². The second kappa shape index (κ2) is 12.2. The van der Waals surface area contributed by atoms with Crippen LogP contribution in [0.25, 0.3) is 0 Å². The highest BCUT2D eigenvalue weighted by atomic mass is 127. The molecule has 0 bridgehead atoms. The quantitative estimate of drug-likeness (QED) is 0.260. The van der Waals surface area contributed by atoms with Crippen LogP contribution >= 0.6 is 35.3 Å². The minimum absolute atomic E-state index is 0. The van der Waals surface area contributed by atoms with E-state index in [0.29, 0.717) is 5.92 Å². The molecule has 0 fully saturated rings. The zero-order chi connectivity index (χ0) is 16.3. The number of aromatic nitrogens is 3. The Morgan fingerprint density at radius 3 is 2.75 bits per heavy atom. The molecule has 8 heteroatoms. The van der Waals surface area contributed by atoms with Gasteiger partial charge >= 0.3 is 0 Å². The van der Waals surface area contributed by atoms with Crippen molar-refractivity contribution in [1.29, 1.82) is 0 Å². The largest absolute Gasteiger partial charge is 0.356 e. The third-order valence-electron chi connectivity index (χ3n) is 3.57. The summed E-state index contributed by atoms with van der Waals surface area (Å²) in [7, 11) is 1.82. The number of halogens is 1. The maximum absolute atomic E-state index is 4.28. The van der Waals surface area contributed by atoms with E-state index in [2.05, 4.69) is 50.3 Å². The number of hydrogen-bond donors (Lipinski definition) is 2. The highest BCUT2D eigenvalue weighted by Gasteiger charge is 2.06. The number of nitrogens with zero attached hydrogens (tertiary/aromatic N) is 4. The summed E-state index contributed by atoms with van der Waals surface area (Å²) in [4.78, 5) is 5.72.